The van der Waals surface area contributed by atoms with Crippen molar-refractivity contribution in [2.24, 2.45) is 11.8 Å². The Hall–Kier alpha value is -1.63. The van der Waals surface area contributed by atoms with Gasteiger partial charge in [0.2, 0.25) is 15.9 Å². The van der Waals surface area contributed by atoms with Gasteiger partial charge in [0.15, 0.2) is 0 Å². The summed E-state index contributed by atoms with van der Waals surface area (Å²) in [5.74, 6) is 0.494. The van der Waals surface area contributed by atoms with E-state index in [0.29, 0.717) is 23.9 Å². The van der Waals surface area contributed by atoms with E-state index < -0.39 is 21.9 Å². The third-order valence-electron chi connectivity index (χ3n) is 5.48. The van der Waals surface area contributed by atoms with Crippen molar-refractivity contribution in [3.8, 4) is 0 Å². The summed E-state index contributed by atoms with van der Waals surface area (Å²) in [5.41, 5.74) is 0.304. The highest BCUT2D eigenvalue weighted by Gasteiger charge is 2.41. The van der Waals surface area contributed by atoms with Crippen LogP contribution in [0.5, 0.6) is 0 Å². The Morgan fingerprint density at radius 1 is 1.28 bits per heavy atom. The van der Waals surface area contributed by atoms with Crippen molar-refractivity contribution in [3.63, 3.8) is 0 Å². The van der Waals surface area contributed by atoms with Gasteiger partial charge in [-0.1, -0.05) is 13.3 Å². The van der Waals surface area contributed by atoms with Crippen molar-refractivity contribution >= 4 is 21.6 Å². The van der Waals surface area contributed by atoms with Crippen molar-refractivity contribution < 1.29 is 17.6 Å². The second kappa shape index (κ2) is 6.94. The van der Waals surface area contributed by atoms with Gasteiger partial charge in [0.25, 0.3) is 0 Å². The molecule has 2 saturated carbocycles. The summed E-state index contributed by atoms with van der Waals surface area (Å²) in [6.07, 6.45) is 5.94. The van der Waals surface area contributed by atoms with Crippen LogP contribution in [0.25, 0.3) is 0 Å². The molecular weight excluding hydrogens is 343 g/mol. The van der Waals surface area contributed by atoms with Crippen LogP contribution >= 0.6 is 0 Å². The van der Waals surface area contributed by atoms with E-state index in [0.717, 1.165) is 29.8 Å². The normalized spacial score (nSPS) is 26.4. The Morgan fingerprint density at radius 3 is 2.44 bits per heavy atom. The number of halogens is 1. The van der Waals surface area contributed by atoms with E-state index in [2.05, 4.69) is 5.32 Å². The molecule has 0 heterocycles. The first-order valence-electron chi connectivity index (χ1n) is 8.85. The lowest BCUT2D eigenvalue weighted by molar-refractivity contribution is -0.123. The molecule has 7 heteroatoms. The lowest BCUT2D eigenvalue weighted by Gasteiger charge is -2.32. The van der Waals surface area contributed by atoms with Gasteiger partial charge in [0, 0.05) is 6.04 Å². The van der Waals surface area contributed by atoms with Crippen LogP contribution in [-0.2, 0) is 14.8 Å². The van der Waals surface area contributed by atoms with Gasteiger partial charge in [-0.3, -0.25) is 9.10 Å². The standard InChI is InChI=1S/C18H25FN2O3S/c1-3-17(18(22)20-16-11-12-4-5-13(16)10-12)21(25(2,23)24)15-8-6-14(19)7-9-15/h6-9,12-13,16-17H,3-5,10-11H2,1-2H3,(H,20,22)/t12-,13-,16+,17-/m1/s1. The molecule has 2 aliphatic carbocycles. The zero-order valence-electron chi connectivity index (χ0n) is 14.6. The molecule has 0 radical (unpaired) electrons. The lowest BCUT2D eigenvalue weighted by Crippen LogP contribution is -2.52. The van der Waals surface area contributed by atoms with Crippen LogP contribution in [0.4, 0.5) is 10.1 Å². The Balaban J connectivity index is 1.82. The minimum absolute atomic E-state index is 0.148. The van der Waals surface area contributed by atoms with Crippen LogP contribution in [0.15, 0.2) is 24.3 Å². The van der Waals surface area contributed by atoms with E-state index in [1.807, 2.05) is 0 Å². The van der Waals surface area contributed by atoms with Crippen molar-refractivity contribution in [1.82, 2.24) is 5.32 Å². The molecule has 2 bridgehead atoms. The topological polar surface area (TPSA) is 66.5 Å². The number of nitrogens with zero attached hydrogens (tertiary/aromatic N) is 1. The van der Waals surface area contributed by atoms with Crippen molar-refractivity contribution in [3.05, 3.63) is 30.1 Å². The molecule has 1 N–H and O–H groups in total. The zero-order chi connectivity index (χ0) is 18.2. The number of carbonyl (C=O) groups is 1. The molecule has 2 aliphatic rings. The summed E-state index contributed by atoms with van der Waals surface area (Å²) in [5, 5.41) is 3.08. The predicted octanol–water partition coefficient (Wildman–Crippen LogP) is 2.68. The van der Waals surface area contributed by atoms with Crippen molar-refractivity contribution in [2.75, 3.05) is 10.6 Å². The van der Waals surface area contributed by atoms with Crippen LogP contribution in [-0.4, -0.2) is 32.7 Å². The van der Waals surface area contributed by atoms with Crippen LogP contribution in [0.2, 0.25) is 0 Å². The number of nitrogens with one attached hydrogen (secondary N) is 1. The molecule has 0 unspecified atom stereocenters. The fourth-order valence-electron chi connectivity index (χ4n) is 4.35. The number of hydrogen-bond acceptors (Lipinski definition) is 3. The maximum atomic E-state index is 13.2. The molecule has 25 heavy (non-hydrogen) atoms. The number of sulfonamides is 1. The van der Waals surface area contributed by atoms with Crippen molar-refractivity contribution in [1.29, 1.82) is 0 Å². The van der Waals surface area contributed by atoms with Crippen LogP contribution in [0.3, 0.4) is 0 Å². The summed E-state index contributed by atoms with van der Waals surface area (Å²) < 4.78 is 39.0. The highest BCUT2D eigenvalue weighted by molar-refractivity contribution is 7.92. The molecule has 4 atom stereocenters. The van der Waals surface area contributed by atoms with Gasteiger partial charge in [0.1, 0.15) is 11.9 Å². The van der Waals surface area contributed by atoms with Crippen LogP contribution in [0.1, 0.15) is 39.0 Å². The third-order valence-corrected chi connectivity index (χ3v) is 6.66. The quantitative estimate of drug-likeness (QED) is 0.839. The first-order valence-corrected chi connectivity index (χ1v) is 10.7. The smallest absolute Gasteiger partial charge is 0.244 e. The third kappa shape index (κ3) is 3.81. The van der Waals surface area contributed by atoms with E-state index in [1.165, 1.54) is 30.7 Å². The number of hydrogen-bond donors (Lipinski definition) is 1. The van der Waals surface area contributed by atoms with E-state index in [4.69, 9.17) is 0 Å². The average Bonchev–Trinajstić information content (AvgIpc) is 3.15. The summed E-state index contributed by atoms with van der Waals surface area (Å²) in [6.45, 7) is 1.78. The molecule has 0 aromatic heterocycles. The number of rotatable bonds is 6. The van der Waals surface area contributed by atoms with Gasteiger partial charge < -0.3 is 5.32 Å². The van der Waals surface area contributed by atoms with Gasteiger partial charge in [-0.2, -0.15) is 0 Å². The van der Waals surface area contributed by atoms with Gasteiger partial charge in [-0.05, 0) is 61.8 Å². The maximum absolute atomic E-state index is 13.2. The number of fused-ring (bicyclic) bond motifs is 2. The average molecular weight is 368 g/mol. The van der Waals surface area contributed by atoms with Gasteiger partial charge >= 0.3 is 0 Å². The van der Waals surface area contributed by atoms with Gasteiger partial charge in [0.05, 0.1) is 11.9 Å². The van der Waals surface area contributed by atoms with Gasteiger partial charge in [-0.25, -0.2) is 12.8 Å². The summed E-state index contributed by atoms with van der Waals surface area (Å²) in [7, 11) is -3.68. The molecule has 0 spiro atoms. The Bertz CT molecular complexity index is 735. The van der Waals surface area contributed by atoms with Crippen LogP contribution < -0.4 is 9.62 Å². The fraction of sp³-hybridized carbons (Fsp3) is 0.611. The number of benzene rings is 1. The first kappa shape index (κ1) is 18.2. The number of carbonyl (C=O) groups excluding carboxylic acids is 1. The number of amides is 1. The minimum Gasteiger partial charge on any atom is -0.351 e. The fourth-order valence-corrected chi connectivity index (χ4v) is 5.56. The zero-order valence-corrected chi connectivity index (χ0v) is 15.4. The van der Waals surface area contributed by atoms with E-state index in [1.54, 1.807) is 6.92 Å². The van der Waals surface area contributed by atoms with Crippen molar-refractivity contribution in [2.45, 2.75) is 51.1 Å². The SMILES string of the molecule is CC[C@H](C(=O)N[C@H]1C[C@@H]2CC[C@@H]1C2)N(c1ccc(F)cc1)S(C)(=O)=O. The predicted molar refractivity (Wildman–Crippen MR) is 95.2 cm³/mol. The Labute approximate surface area is 148 Å². The largest absolute Gasteiger partial charge is 0.351 e. The summed E-state index contributed by atoms with van der Waals surface area (Å²) >= 11 is 0. The lowest BCUT2D eigenvalue weighted by atomic mass is 9.95. The van der Waals surface area contributed by atoms with E-state index in [-0.39, 0.29) is 11.9 Å². The Morgan fingerprint density at radius 2 is 1.96 bits per heavy atom. The molecular formula is C18H25FN2O3S. The first-order chi connectivity index (χ1) is 11.8. The highest BCUT2D eigenvalue weighted by Crippen LogP contribution is 2.44. The molecule has 1 amide bonds. The van der Waals surface area contributed by atoms with Crippen LogP contribution in [0, 0.1) is 17.7 Å². The monoisotopic (exact) mass is 368 g/mol. The van der Waals surface area contributed by atoms with Gasteiger partial charge in [-0.15, -0.1) is 0 Å². The molecule has 1 aromatic rings. The second-order valence-electron chi connectivity index (χ2n) is 7.25. The maximum Gasteiger partial charge on any atom is 0.244 e. The molecule has 0 saturated heterocycles. The summed E-state index contributed by atoms with van der Waals surface area (Å²) in [6, 6.07) is 4.50. The highest BCUT2D eigenvalue weighted by atomic mass is 32.2. The molecule has 0 aliphatic heterocycles. The molecule has 1 aromatic carbocycles. The number of anilines is 1. The van der Waals surface area contributed by atoms with E-state index >= 15 is 0 Å². The molecule has 5 nitrogen and oxygen atoms in total. The summed E-state index contributed by atoms with van der Waals surface area (Å²) in [4.78, 5) is 12.8. The minimum atomic E-state index is -3.68. The Kier molecular flexibility index (Phi) is 5.04. The molecule has 3 rings (SSSR count). The molecule has 138 valence electrons. The molecule has 2 fully saturated rings. The van der Waals surface area contributed by atoms with E-state index in [9.17, 15) is 17.6 Å². The second-order valence-corrected chi connectivity index (χ2v) is 9.11.